The van der Waals surface area contributed by atoms with E-state index < -0.39 is 0 Å². The maximum atomic E-state index is 2.39. The number of anilines is 3. The molecule has 1 nitrogen and oxygen atoms in total. The average molecular weight is 736 g/mol. The van der Waals surface area contributed by atoms with Crippen LogP contribution in [0, 0.1) is 0 Å². The Kier molecular flexibility index (Phi) is 7.61. The average Bonchev–Trinajstić information content (AvgIpc) is 3.83. The summed E-state index contributed by atoms with van der Waals surface area (Å²) in [6, 6.07) is 73.3. The second-order valence-corrected chi connectivity index (χ2v) is 16.2. The SMILES string of the molecule is c1cc(-c2cccc3c2sc2ccccc23)cc(N(c2ccc(-c3cccc4ccccc34)cc2)c2ccc(-c3cccc4c3sc3ccccc34)cc2)c1. The Morgan fingerprint density at radius 2 is 0.745 bits per heavy atom. The summed E-state index contributed by atoms with van der Waals surface area (Å²) in [6.07, 6.45) is 0. The Bertz CT molecular complexity index is 3200. The highest BCUT2D eigenvalue weighted by Crippen LogP contribution is 2.44. The van der Waals surface area contributed by atoms with Crippen LogP contribution in [0.5, 0.6) is 0 Å². The summed E-state index contributed by atoms with van der Waals surface area (Å²) < 4.78 is 5.30. The second kappa shape index (κ2) is 13.1. The molecule has 0 bridgehead atoms. The lowest BCUT2D eigenvalue weighted by Crippen LogP contribution is -2.10. The molecule has 11 rings (SSSR count). The van der Waals surface area contributed by atoms with Crippen molar-refractivity contribution < 1.29 is 0 Å². The topological polar surface area (TPSA) is 3.24 Å². The summed E-state index contributed by atoms with van der Waals surface area (Å²) in [7, 11) is 0. The van der Waals surface area contributed by atoms with E-state index in [0.717, 1.165) is 17.1 Å². The normalized spacial score (nSPS) is 11.6. The smallest absolute Gasteiger partial charge is 0.0467 e. The lowest BCUT2D eigenvalue weighted by Gasteiger charge is -2.26. The van der Waals surface area contributed by atoms with Crippen molar-refractivity contribution in [2.45, 2.75) is 0 Å². The van der Waals surface area contributed by atoms with E-state index in [1.807, 2.05) is 22.7 Å². The Balaban J connectivity index is 1.04. The zero-order valence-electron chi connectivity index (χ0n) is 29.8. The van der Waals surface area contributed by atoms with Crippen LogP contribution in [0.15, 0.2) is 200 Å². The van der Waals surface area contributed by atoms with Crippen LogP contribution >= 0.6 is 22.7 Å². The van der Waals surface area contributed by atoms with Gasteiger partial charge in [0, 0.05) is 57.4 Å². The molecular weight excluding hydrogens is 703 g/mol. The van der Waals surface area contributed by atoms with E-state index in [9.17, 15) is 0 Å². The molecule has 0 spiro atoms. The molecule has 0 radical (unpaired) electrons. The van der Waals surface area contributed by atoms with E-state index in [-0.39, 0.29) is 0 Å². The zero-order chi connectivity index (χ0) is 36.3. The third-order valence-electron chi connectivity index (χ3n) is 10.9. The van der Waals surface area contributed by atoms with Gasteiger partial charge in [-0.3, -0.25) is 0 Å². The molecule has 0 unspecified atom stereocenters. The van der Waals surface area contributed by atoms with E-state index >= 15 is 0 Å². The third-order valence-corrected chi connectivity index (χ3v) is 13.3. The van der Waals surface area contributed by atoms with Gasteiger partial charge in [0.25, 0.3) is 0 Å². The van der Waals surface area contributed by atoms with Crippen molar-refractivity contribution in [3.8, 4) is 33.4 Å². The van der Waals surface area contributed by atoms with E-state index in [0.29, 0.717) is 0 Å². The molecular formula is C52H33NS2. The highest BCUT2D eigenvalue weighted by Gasteiger charge is 2.17. The fourth-order valence-electron chi connectivity index (χ4n) is 8.27. The van der Waals surface area contributed by atoms with Gasteiger partial charge >= 0.3 is 0 Å². The number of rotatable bonds is 6. The molecule has 55 heavy (non-hydrogen) atoms. The number of fused-ring (bicyclic) bond motifs is 7. The van der Waals surface area contributed by atoms with E-state index in [1.165, 1.54) is 84.5 Å². The predicted molar refractivity (Wildman–Crippen MR) is 241 cm³/mol. The minimum atomic E-state index is 1.11. The summed E-state index contributed by atoms with van der Waals surface area (Å²) in [5.74, 6) is 0. The third kappa shape index (κ3) is 5.43. The van der Waals surface area contributed by atoms with Crippen molar-refractivity contribution in [3.63, 3.8) is 0 Å². The Morgan fingerprint density at radius 3 is 1.38 bits per heavy atom. The van der Waals surface area contributed by atoms with Crippen LogP contribution in [0.1, 0.15) is 0 Å². The Hall–Kier alpha value is -6.52. The lowest BCUT2D eigenvalue weighted by molar-refractivity contribution is 1.28. The summed E-state index contributed by atoms with van der Waals surface area (Å²) in [5, 5.41) is 7.80. The molecule has 2 aromatic heterocycles. The molecule has 0 atom stereocenters. The van der Waals surface area contributed by atoms with Gasteiger partial charge in [0.2, 0.25) is 0 Å². The molecule has 3 heteroatoms. The van der Waals surface area contributed by atoms with Crippen molar-refractivity contribution in [2.75, 3.05) is 4.90 Å². The van der Waals surface area contributed by atoms with Crippen molar-refractivity contribution >= 4 is 90.9 Å². The molecule has 0 fully saturated rings. The fourth-order valence-corrected chi connectivity index (χ4v) is 10.7. The van der Waals surface area contributed by atoms with Crippen molar-refractivity contribution in [2.24, 2.45) is 0 Å². The summed E-state index contributed by atoms with van der Waals surface area (Å²) in [6.45, 7) is 0. The van der Waals surface area contributed by atoms with Crippen molar-refractivity contribution in [1.29, 1.82) is 0 Å². The van der Waals surface area contributed by atoms with Crippen LogP contribution in [0.2, 0.25) is 0 Å². The fraction of sp³-hybridized carbons (Fsp3) is 0. The number of benzene rings is 9. The minimum Gasteiger partial charge on any atom is -0.310 e. The zero-order valence-corrected chi connectivity index (χ0v) is 31.4. The number of hydrogen-bond acceptors (Lipinski definition) is 3. The predicted octanol–water partition coefficient (Wildman–Crippen LogP) is 16.0. The van der Waals surface area contributed by atoms with E-state index in [1.54, 1.807) is 0 Å². The first kappa shape index (κ1) is 32.0. The second-order valence-electron chi connectivity index (χ2n) is 14.1. The first-order valence-corrected chi connectivity index (χ1v) is 20.3. The standard InChI is InChI=1S/C52H33NS2/c1-2-15-41-34(11-1)12-8-18-42(41)35-25-29-38(30-26-35)53(39-31-27-36(28-32-39)43-19-9-21-47-45-16-3-5-23-49(45)54-51(43)47)40-14-7-13-37(33-40)44-20-10-22-48-46-17-4-6-24-50(46)55-52(44)48/h1-33H. The molecule has 0 saturated heterocycles. The van der Waals surface area contributed by atoms with Crippen molar-refractivity contribution in [3.05, 3.63) is 200 Å². The van der Waals surface area contributed by atoms with Gasteiger partial charge in [0.15, 0.2) is 0 Å². The van der Waals surface area contributed by atoms with Crippen LogP contribution in [0.3, 0.4) is 0 Å². The van der Waals surface area contributed by atoms with E-state index in [4.69, 9.17) is 0 Å². The van der Waals surface area contributed by atoms with Gasteiger partial charge in [-0.25, -0.2) is 0 Å². The lowest BCUT2D eigenvalue weighted by atomic mass is 9.98. The molecule has 2 heterocycles. The van der Waals surface area contributed by atoms with Gasteiger partial charge in [-0.05, 0) is 92.7 Å². The molecule has 11 aromatic rings. The molecule has 9 aromatic carbocycles. The van der Waals surface area contributed by atoms with Crippen LogP contribution in [-0.2, 0) is 0 Å². The van der Waals surface area contributed by atoms with Gasteiger partial charge < -0.3 is 4.90 Å². The number of hydrogen-bond donors (Lipinski definition) is 0. The maximum absolute atomic E-state index is 2.39. The molecule has 0 aliphatic rings. The summed E-state index contributed by atoms with van der Waals surface area (Å²) in [5.41, 5.74) is 10.8. The van der Waals surface area contributed by atoms with Crippen LogP contribution in [-0.4, -0.2) is 0 Å². The van der Waals surface area contributed by atoms with Gasteiger partial charge in [-0.2, -0.15) is 0 Å². The number of thiophene rings is 2. The van der Waals surface area contributed by atoms with Crippen LogP contribution < -0.4 is 4.90 Å². The molecule has 0 amide bonds. The maximum Gasteiger partial charge on any atom is 0.0467 e. The van der Waals surface area contributed by atoms with Crippen molar-refractivity contribution in [1.82, 2.24) is 0 Å². The van der Waals surface area contributed by atoms with Crippen LogP contribution in [0.25, 0.3) is 84.5 Å². The number of nitrogens with zero attached hydrogens (tertiary/aromatic N) is 1. The Labute approximate surface area is 327 Å². The molecule has 0 N–H and O–H groups in total. The van der Waals surface area contributed by atoms with Gasteiger partial charge in [0.05, 0.1) is 0 Å². The van der Waals surface area contributed by atoms with Gasteiger partial charge in [0.1, 0.15) is 0 Å². The van der Waals surface area contributed by atoms with Gasteiger partial charge in [-0.15, -0.1) is 22.7 Å². The summed E-state index contributed by atoms with van der Waals surface area (Å²) in [4.78, 5) is 2.39. The van der Waals surface area contributed by atoms with E-state index in [2.05, 4.69) is 205 Å². The first-order chi connectivity index (χ1) is 27.3. The molecule has 0 aliphatic heterocycles. The Morgan fingerprint density at radius 1 is 0.291 bits per heavy atom. The molecule has 0 aliphatic carbocycles. The minimum absolute atomic E-state index is 1.11. The highest BCUT2D eigenvalue weighted by molar-refractivity contribution is 7.26. The highest BCUT2D eigenvalue weighted by atomic mass is 32.1. The first-order valence-electron chi connectivity index (χ1n) is 18.7. The molecule has 258 valence electrons. The largest absolute Gasteiger partial charge is 0.310 e. The monoisotopic (exact) mass is 735 g/mol. The van der Waals surface area contributed by atoms with Gasteiger partial charge in [-0.1, -0.05) is 152 Å². The quantitative estimate of drug-likeness (QED) is 0.164. The van der Waals surface area contributed by atoms with Crippen LogP contribution in [0.4, 0.5) is 17.1 Å². The summed E-state index contributed by atoms with van der Waals surface area (Å²) >= 11 is 3.76. The molecule has 0 saturated carbocycles.